The minimum Gasteiger partial charge on any atom is -0.496 e. The standard InChI is InChI=1S/C13H12BrClOS/c1-8-7-11(17-13(8)14)12(15)9-5-3-4-6-10(9)16-2/h3-7,12H,1-2H3. The molecule has 2 aromatic rings. The summed E-state index contributed by atoms with van der Waals surface area (Å²) in [7, 11) is 1.66. The van der Waals surface area contributed by atoms with Crippen molar-refractivity contribution in [3.8, 4) is 5.75 Å². The van der Waals surface area contributed by atoms with Crippen LogP contribution in [0.2, 0.25) is 0 Å². The SMILES string of the molecule is COc1ccccc1C(Cl)c1cc(C)c(Br)s1. The van der Waals surface area contributed by atoms with Crippen LogP contribution < -0.4 is 4.74 Å². The van der Waals surface area contributed by atoms with Gasteiger partial charge in [0.15, 0.2) is 0 Å². The molecule has 1 aromatic heterocycles. The first-order valence-corrected chi connectivity index (χ1v) is 7.21. The number of para-hydroxylation sites is 1. The van der Waals surface area contributed by atoms with Crippen molar-refractivity contribution in [1.29, 1.82) is 0 Å². The Labute approximate surface area is 119 Å². The quantitative estimate of drug-likeness (QED) is 0.706. The summed E-state index contributed by atoms with van der Waals surface area (Å²) in [5.41, 5.74) is 2.22. The van der Waals surface area contributed by atoms with E-state index in [1.165, 1.54) is 5.56 Å². The van der Waals surface area contributed by atoms with E-state index in [0.717, 1.165) is 20.0 Å². The van der Waals surface area contributed by atoms with Crippen LogP contribution in [0.25, 0.3) is 0 Å². The maximum absolute atomic E-state index is 6.51. The van der Waals surface area contributed by atoms with Crippen molar-refractivity contribution in [1.82, 2.24) is 0 Å². The molecular weight excluding hydrogens is 320 g/mol. The van der Waals surface area contributed by atoms with Crippen LogP contribution in [0, 0.1) is 6.92 Å². The molecule has 1 unspecified atom stereocenters. The lowest BCUT2D eigenvalue weighted by Crippen LogP contribution is -1.95. The highest BCUT2D eigenvalue weighted by Crippen LogP contribution is 2.40. The summed E-state index contributed by atoms with van der Waals surface area (Å²) >= 11 is 11.7. The van der Waals surface area contributed by atoms with Crippen LogP contribution >= 0.6 is 38.9 Å². The lowest BCUT2D eigenvalue weighted by Gasteiger charge is -2.12. The van der Waals surface area contributed by atoms with Crippen LogP contribution in [0.15, 0.2) is 34.1 Å². The maximum atomic E-state index is 6.51. The summed E-state index contributed by atoms with van der Waals surface area (Å²) in [6, 6.07) is 9.96. The number of alkyl halides is 1. The molecule has 1 aromatic carbocycles. The van der Waals surface area contributed by atoms with E-state index in [2.05, 4.69) is 28.9 Å². The number of hydrogen-bond donors (Lipinski definition) is 0. The van der Waals surface area contributed by atoms with Gasteiger partial charge in [0, 0.05) is 10.4 Å². The van der Waals surface area contributed by atoms with Crippen LogP contribution in [0.1, 0.15) is 21.4 Å². The highest BCUT2D eigenvalue weighted by atomic mass is 79.9. The van der Waals surface area contributed by atoms with E-state index in [1.807, 2.05) is 24.3 Å². The van der Waals surface area contributed by atoms with Gasteiger partial charge in [-0.1, -0.05) is 18.2 Å². The summed E-state index contributed by atoms with van der Waals surface area (Å²) in [5, 5.41) is -0.166. The van der Waals surface area contributed by atoms with Crippen molar-refractivity contribution in [3.63, 3.8) is 0 Å². The summed E-state index contributed by atoms with van der Waals surface area (Å²) in [4.78, 5) is 1.13. The highest BCUT2D eigenvalue weighted by molar-refractivity contribution is 9.11. The summed E-state index contributed by atoms with van der Waals surface area (Å²) in [6.45, 7) is 2.07. The molecule has 0 saturated carbocycles. The Bertz CT molecular complexity index is 504. The fourth-order valence-electron chi connectivity index (χ4n) is 1.64. The molecule has 1 atom stereocenters. The number of hydrogen-bond acceptors (Lipinski definition) is 2. The molecule has 0 aliphatic heterocycles. The van der Waals surface area contributed by atoms with Gasteiger partial charge in [0.2, 0.25) is 0 Å². The van der Waals surface area contributed by atoms with Crippen LogP contribution in [0.4, 0.5) is 0 Å². The minimum atomic E-state index is -0.166. The van der Waals surface area contributed by atoms with Crippen LogP contribution in [0.3, 0.4) is 0 Å². The van der Waals surface area contributed by atoms with Crippen molar-refractivity contribution in [2.24, 2.45) is 0 Å². The first-order valence-electron chi connectivity index (χ1n) is 5.16. The summed E-state index contributed by atoms with van der Waals surface area (Å²) < 4.78 is 6.47. The molecule has 0 aliphatic rings. The van der Waals surface area contributed by atoms with Crippen molar-refractivity contribution in [2.45, 2.75) is 12.3 Å². The summed E-state index contributed by atoms with van der Waals surface area (Å²) in [6.07, 6.45) is 0. The Morgan fingerprint density at radius 3 is 2.65 bits per heavy atom. The molecule has 0 amide bonds. The molecular formula is C13H12BrClOS. The predicted octanol–water partition coefficient (Wildman–Crippen LogP) is 5.16. The van der Waals surface area contributed by atoms with Gasteiger partial charge in [-0.2, -0.15) is 0 Å². The molecule has 1 nitrogen and oxygen atoms in total. The predicted molar refractivity (Wildman–Crippen MR) is 77.4 cm³/mol. The Kier molecular flexibility index (Phi) is 4.13. The minimum absolute atomic E-state index is 0.166. The number of methoxy groups -OCH3 is 1. The molecule has 0 aliphatic carbocycles. The zero-order valence-corrected chi connectivity index (χ0v) is 12.7. The van der Waals surface area contributed by atoms with Crippen molar-refractivity contribution in [2.75, 3.05) is 7.11 Å². The number of benzene rings is 1. The average Bonchev–Trinajstić information content (AvgIpc) is 2.68. The second-order valence-corrected chi connectivity index (χ2v) is 6.55. The number of aryl methyl sites for hydroxylation is 1. The number of rotatable bonds is 3. The van der Waals surface area contributed by atoms with E-state index in [4.69, 9.17) is 16.3 Å². The van der Waals surface area contributed by atoms with Crippen LogP contribution in [0.5, 0.6) is 5.75 Å². The Morgan fingerprint density at radius 2 is 2.06 bits per heavy atom. The lowest BCUT2D eigenvalue weighted by molar-refractivity contribution is 0.410. The van der Waals surface area contributed by atoms with Gasteiger partial charge in [-0.15, -0.1) is 22.9 Å². The first kappa shape index (κ1) is 12.9. The van der Waals surface area contributed by atoms with Crippen LogP contribution in [-0.2, 0) is 0 Å². The molecule has 0 fully saturated rings. The first-order chi connectivity index (χ1) is 8.13. The van der Waals surface area contributed by atoms with Crippen molar-refractivity contribution >= 4 is 38.9 Å². The van der Waals surface area contributed by atoms with Gasteiger partial charge in [0.1, 0.15) is 5.75 Å². The van der Waals surface area contributed by atoms with E-state index >= 15 is 0 Å². The van der Waals surface area contributed by atoms with Gasteiger partial charge >= 0.3 is 0 Å². The highest BCUT2D eigenvalue weighted by Gasteiger charge is 2.18. The molecule has 0 saturated heterocycles. The fraction of sp³-hybridized carbons (Fsp3) is 0.231. The van der Waals surface area contributed by atoms with Crippen molar-refractivity contribution in [3.05, 3.63) is 50.1 Å². The zero-order chi connectivity index (χ0) is 12.4. The average molecular weight is 332 g/mol. The lowest BCUT2D eigenvalue weighted by atomic mass is 10.1. The Morgan fingerprint density at radius 1 is 1.35 bits per heavy atom. The molecule has 0 radical (unpaired) electrons. The van der Waals surface area contributed by atoms with Gasteiger partial charge in [0.25, 0.3) is 0 Å². The third-order valence-corrected chi connectivity index (χ3v) is 5.34. The van der Waals surface area contributed by atoms with Gasteiger partial charge < -0.3 is 4.74 Å². The van der Waals surface area contributed by atoms with E-state index < -0.39 is 0 Å². The third-order valence-electron chi connectivity index (χ3n) is 2.54. The largest absolute Gasteiger partial charge is 0.496 e. The number of halogens is 2. The fourth-order valence-corrected chi connectivity index (χ4v) is 3.58. The van der Waals surface area contributed by atoms with E-state index in [0.29, 0.717) is 0 Å². The summed E-state index contributed by atoms with van der Waals surface area (Å²) in [5.74, 6) is 0.828. The Hall–Kier alpha value is -0.510. The van der Waals surface area contributed by atoms with E-state index in [-0.39, 0.29) is 5.38 Å². The molecule has 17 heavy (non-hydrogen) atoms. The van der Waals surface area contributed by atoms with Gasteiger partial charge in [-0.25, -0.2) is 0 Å². The maximum Gasteiger partial charge on any atom is 0.123 e. The molecule has 0 spiro atoms. The third kappa shape index (κ3) is 2.67. The van der Waals surface area contributed by atoms with Crippen molar-refractivity contribution < 1.29 is 4.74 Å². The number of ether oxygens (including phenoxy) is 1. The second kappa shape index (κ2) is 5.42. The van der Waals surface area contributed by atoms with E-state index in [1.54, 1.807) is 18.4 Å². The van der Waals surface area contributed by atoms with E-state index in [9.17, 15) is 0 Å². The van der Waals surface area contributed by atoms with Gasteiger partial charge in [-0.3, -0.25) is 0 Å². The van der Waals surface area contributed by atoms with Crippen LogP contribution in [-0.4, -0.2) is 7.11 Å². The zero-order valence-electron chi connectivity index (χ0n) is 9.54. The molecule has 1 heterocycles. The molecule has 0 bridgehead atoms. The Balaban J connectivity index is 2.39. The molecule has 0 N–H and O–H groups in total. The molecule has 90 valence electrons. The second-order valence-electron chi connectivity index (χ2n) is 3.71. The molecule has 4 heteroatoms. The normalized spacial score (nSPS) is 12.5. The smallest absolute Gasteiger partial charge is 0.123 e. The monoisotopic (exact) mass is 330 g/mol. The molecule has 2 rings (SSSR count). The van der Waals surface area contributed by atoms with Gasteiger partial charge in [-0.05, 0) is 40.5 Å². The van der Waals surface area contributed by atoms with Gasteiger partial charge in [0.05, 0.1) is 16.3 Å². The topological polar surface area (TPSA) is 9.23 Å². The number of thiophene rings is 1.